The molecule has 0 atom stereocenters. The second kappa shape index (κ2) is 6.97. The molecule has 0 N–H and O–H groups in total. The van der Waals surface area contributed by atoms with Crippen LogP contribution in [0.3, 0.4) is 0 Å². The molecule has 0 heterocycles. The summed E-state index contributed by atoms with van der Waals surface area (Å²) >= 11 is -1.79. The van der Waals surface area contributed by atoms with E-state index in [0.717, 1.165) is 0 Å². The summed E-state index contributed by atoms with van der Waals surface area (Å²) in [6.07, 6.45) is 8.21. The van der Waals surface area contributed by atoms with E-state index in [0.29, 0.717) is 0 Å². The van der Waals surface area contributed by atoms with Crippen molar-refractivity contribution in [2.75, 3.05) is 0 Å². The van der Waals surface area contributed by atoms with E-state index in [2.05, 4.69) is 50.6 Å². The molecule has 0 nitrogen and oxygen atoms in total. The number of allylic oxidation sites excluding steroid dienone is 4. The summed E-state index contributed by atoms with van der Waals surface area (Å²) in [6, 6.07) is 0. The number of hydrogen-bond donors (Lipinski definition) is 0. The maximum atomic E-state index is 3.84. The normalized spacial score (nSPS) is 11.7. The van der Waals surface area contributed by atoms with Crippen LogP contribution in [0.15, 0.2) is 50.6 Å². The van der Waals surface area contributed by atoms with Gasteiger partial charge in [0.15, 0.2) is 0 Å². The van der Waals surface area contributed by atoms with E-state index in [1.807, 2.05) is 0 Å². The predicted octanol–water partition coefficient (Wildman–Crippen LogP) is 3.91. The van der Waals surface area contributed by atoms with Crippen LogP contribution in [0, 0.1) is 0 Å². The average Bonchev–Trinajstić information content (AvgIpc) is 2.06. The van der Waals surface area contributed by atoms with Gasteiger partial charge >= 0.3 is 85.0 Å². The number of rotatable bonds is 8. The van der Waals surface area contributed by atoms with E-state index in [1.165, 1.54) is 20.8 Å². The quantitative estimate of drug-likeness (QED) is 0.445. The summed E-state index contributed by atoms with van der Waals surface area (Å²) in [6.45, 7) is 15.3. The molecule has 0 saturated heterocycles. The molecule has 0 aliphatic heterocycles. The molecule has 1 heteroatoms. The van der Waals surface area contributed by atoms with Gasteiger partial charge in [0, 0.05) is 0 Å². The fourth-order valence-corrected chi connectivity index (χ4v) is 8.96. The minimum atomic E-state index is -1.79. The van der Waals surface area contributed by atoms with Gasteiger partial charge in [-0.3, -0.25) is 0 Å². The van der Waals surface area contributed by atoms with Crippen molar-refractivity contribution in [1.29, 1.82) is 0 Å². The van der Waals surface area contributed by atoms with Crippen molar-refractivity contribution in [3.8, 4) is 0 Å². The van der Waals surface area contributed by atoms with Gasteiger partial charge in [0.1, 0.15) is 0 Å². The Hall–Kier alpha value is -0.482. The molecule has 0 fully saturated rings. The molecule has 74 valence electrons. The molecule has 0 aliphatic rings. The van der Waals surface area contributed by atoms with Crippen LogP contribution in [-0.2, 0) is 0 Å². The van der Waals surface area contributed by atoms with Gasteiger partial charge in [0.2, 0.25) is 0 Å². The van der Waals surface area contributed by atoms with Gasteiger partial charge in [-0.1, -0.05) is 0 Å². The first-order valence-electron chi connectivity index (χ1n) is 4.68. The fraction of sp³-hybridized carbons (Fsp3) is 0.333. The first-order valence-corrected chi connectivity index (χ1v) is 10.6. The van der Waals surface area contributed by atoms with Crippen molar-refractivity contribution in [1.82, 2.24) is 0 Å². The summed E-state index contributed by atoms with van der Waals surface area (Å²) in [5.74, 6) is 0. The third kappa shape index (κ3) is 4.33. The molecule has 0 rings (SSSR count). The van der Waals surface area contributed by atoms with Gasteiger partial charge in [-0.15, -0.1) is 0 Å². The zero-order chi connectivity index (χ0) is 10.2. The maximum absolute atomic E-state index is 3.84. The molecule has 0 aromatic carbocycles. The van der Waals surface area contributed by atoms with Gasteiger partial charge in [-0.05, 0) is 0 Å². The molecular weight excluding hydrogens is 219 g/mol. The standard InChI is InChI=1S/C12H21As/c1-5-9-13(10-6-2,11-7-3)12-8-4/h5-8,13H,1-4,9-12H2. The van der Waals surface area contributed by atoms with Crippen molar-refractivity contribution < 1.29 is 0 Å². The second-order valence-corrected chi connectivity index (χ2v) is 13.2. The SMILES string of the molecule is C=CC[AsH](CC=C)(CC=C)CC=C. The molecule has 0 aromatic rings. The van der Waals surface area contributed by atoms with Gasteiger partial charge < -0.3 is 0 Å². The average molecular weight is 240 g/mol. The predicted molar refractivity (Wildman–Crippen MR) is 67.2 cm³/mol. The summed E-state index contributed by atoms with van der Waals surface area (Å²) < 4.78 is 0. The summed E-state index contributed by atoms with van der Waals surface area (Å²) in [5, 5.41) is 4.74. The van der Waals surface area contributed by atoms with Crippen molar-refractivity contribution in [3.63, 3.8) is 0 Å². The summed E-state index contributed by atoms with van der Waals surface area (Å²) in [4.78, 5) is 0. The molecule has 0 amide bonds. The van der Waals surface area contributed by atoms with Crippen LogP contribution in [-0.4, -0.2) is 13.6 Å². The van der Waals surface area contributed by atoms with Crippen LogP contribution < -0.4 is 0 Å². The van der Waals surface area contributed by atoms with Crippen molar-refractivity contribution in [2.24, 2.45) is 0 Å². The summed E-state index contributed by atoms with van der Waals surface area (Å²) in [5.41, 5.74) is 0. The Kier molecular flexibility index (Phi) is 6.72. The van der Waals surface area contributed by atoms with E-state index in [-0.39, 0.29) is 0 Å². The van der Waals surface area contributed by atoms with Crippen LogP contribution in [0.25, 0.3) is 0 Å². The Morgan fingerprint density at radius 1 is 0.615 bits per heavy atom. The van der Waals surface area contributed by atoms with Gasteiger partial charge in [-0.2, -0.15) is 0 Å². The van der Waals surface area contributed by atoms with Gasteiger partial charge in [-0.25, -0.2) is 0 Å². The zero-order valence-electron chi connectivity index (χ0n) is 8.47. The van der Waals surface area contributed by atoms with Crippen LogP contribution in [0.1, 0.15) is 0 Å². The Bertz CT molecular complexity index is 146. The molecular formula is C12H21As. The Morgan fingerprint density at radius 2 is 0.846 bits per heavy atom. The molecule has 0 radical (unpaired) electrons. The van der Waals surface area contributed by atoms with Crippen molar-refractivity contribution in [2.45, 2.75) is 20.8 Å². The van der Waals surface area contributed by atoms with Crippen LogP contribution in [0.2, 0.25) is 20.8 Å². The molecule has 0 spiro atoms. The first-order chi connectivity index (χ1) is 6.24. The van der Waals surface area contributed by atoms with E-state index < -0.39 is 13.6 Å². The molecule has 13 heavy (non-hydrogen) atoms. The van der Waals surface area contributed by atoms with E-state index in [1.54, 1.807) is 0 Å². The van der Waals surface area contributed by atoms with Crippen molar-refractivity contribution >= 4 is 13.6 Å². The van der Waals surface area contributed by atoms with Gasteiger partial charge in [0.25, 0.3) is 0 Å². The minimum absolute atomic E-state index is 1.18. The van der Waals surface area contributed by atoms with Crippen LogP contribution in [0.5, 0.6) is 0 Å². The van der Waals surface area contributed by atoms with Gasteiger partial charge in [0.05, 0.1) is 0 Å². The Morgan fingerprint density at radius 3 is 1.00 bits per heavy atom. The Balaban J connectivity index is 4.53. The zero-order valence-corrected chi connectivity index (χ0v) is 10.6. The topological polar surface area (TPSA) is 0 Å². The Labute approximate surface area is 85.2 Å². The molecule has 0 aromatic heterocycles. The third-order valence-corrected chi connectivity index (χ3v) is 12.0. The van der Waals surface area contributed by atoms with E-state index in [9.17, 15) is 0 Å². The van der Waals surface area contributed by atoms with Crippen LogP contribution in [0.4, 0.5) is 0 Å². The van der Waals surface area contributed by atoms with Crippen LogP contribution >= 0.6 is 0 Å². The monoisotopic (exact) mass is 240 g/mol. The number of hydrogen-bond acceptors (Lipinski definition) is 0. The second-order valence-electron chi connectivity index (χ2n) is 3.47. The van der Waals surface area contributed by atoms with Crippen molar-refractivity contribution in [3.05, 3.63) is 50.6 Å². The first kappa shape index (κ1) is 12.5. The molecule has 0 saturated carbocycles. The molecule has 0 bridgehead atoms. The van der Waals surface area contributed by atoms with E-state index >= 15 is 0 Å². The molecule has 0 aliphatic carbocycles. The third-order valence-electron chi connectivity index (χ3n) is 2.31. The van der Waals surface area contributed by atoms with E-state index in [4.69, 9.17) is 0 Å². The fourth-order valence-electron chi connectivity index (χ4n) is 1.72. The molecule has 0 unspecified atom stereocenters. The summed E-state index contributed by atoms with van der Waals surface area (Å²) in [7, 11) is 0.